The molecule has 0 radical (unpaired) electrons. The van der Waals surface area contributed by atoms with Crippen molar-refractivity contribution < 1.29 is 9.13 Å². The lowest BCUT2D eigenvalue weighted by Crippen LogP contribution is -1.89. The Morgan fingerprint density at radius 1 is 1.56 bits per heavy atom. The third kappa shape index (κ3) is 7.47. The number of unbranched alkanes of at least 4 members (excludes halogenated alkanes) is 2. The Morgan fingerprint density at radius 3 is 2.67 bits per heavy atom. The van der Waals surface area contributed by atoms with Crippen molar-refractivity contribution in [2.45, 2.75) is 26.2 Å². The zero-order valence-electron chi connectivity index (χ0n) is 5.82. The maximum Gasteiger partial charge on any atom is 0.265 e. The number of hydrogen-bond acceptors (Lipinski definition) is 1. The highest BCUT2D eigenvalue weighted by Crippen LogP contribution is 1.98. The molecule has 0 rings (SSSR count). The van der Waals surface area contributed by atoms with E-state index in [0.29, 0.717) is 6.61 Å². The van der Waals surface area contributed by atoms with Gasteiger partial charge in [-0.15, -0.1) is 0 Å². The molecule has 0 aliphatic heterocycles. The van der Waals surface area contributed by atoms with Crippen molar-refractivity contribution in [3.63, 3.8) is 0 Å². The van der Waals surface area contributed by atoms with Crippen LogP contribution < -0.4 is 0 Å². The van der Waals surface area contributed by atoms with Crippen LogP contribution in [0.3, 0.4) is 0 Å². The van der Waals surface area contributed by atoms with Crippen LogP contribution in [0, 0.1) is 0 Å². The summed E-state index contributed by atoms with van der Waals surface area (Å²) < 4.78 is 16.2. The van der Waals surface area contributed by atoms with Crippen LogP contribution in [0.25, 0.3) is 0 Å². The van der Waals surface area contributed by atoms with Crippen LogP contribution in [-0.4, -0.2) is 6.61 Å². The van der Waals surface area contributed by atoms with Gasteiger partial charge in [0.2, 0.25) is 0 Å². The molecule has 0 aromatic rings. The van der Waals surface area contributed by atoms with Crippen LogP contribution in [0.1, 0.15) is 26.2 Å². The van der Waals surface area contributed by atoms with Gasteiger partial charge in [0.05, 0.1) is 6.61 Å². The van der Waals surface area contributed by atoms with Gasteiger partial charge in [0, 0.05) is 0 Å². The first-order valence-corrected chi connectivity index (χ1v) is 3.24. The Balaban J connectivity index is 2.83. The highest BCUT2D eigenvalue weighted by molar-refractivity contribution is 4.62. The highest BCUT2D eigenvalue weighted by Gasteiger charge is 1.88. The van der Waals surface area contributed by atoms with Crippen LogP contribution in [0.15, 0.2) is 12.6 Å². The van der Waals surface area contributed by atoms with Gasteiger partial charge in [0.25, 0.3) is 6.01 Å². The number of ether oxygens (including phenoxy) is 1. The summed E-state index contributed by atoms with van der Waals surface area (Å²) in [7, 11) is 0. The summed E-state index contributed by atoms with van der Waals surface area (Å²) in [6.07, 6.45) is 3.13. The summed E-state index contributed by atoms with van der Waals surface area (Å²) in [5, 5.41) is 0. The lowest BCUT2D eigenvalue weighted by atomic mass is 10.3. The molecule has 0 aromatic carbocycles. The van der Waals surface area contributed by atoms with Gasteiger partial charge in [-0.2, -0.15) is 4.39 Å². The summed E-state index contributed by atoms with van der Waals surface area (Å²) in [6, 6.07) is -0.675. The third-order valence-electron chi connectivity index (χ3n) is 1.01. The zero-order valence-corrected chi connectivity index (χ0v) is 5.82. The zero-order chi connectivity index (χ0) is 7.11. The predicted molar refractivity (Wildman–Crippen MR) is 35.7 cm³/mol. The molecule has 9 heavy (non-hydrogen) atoms. The van der Waals surface area contributed by atoms with E-state index in [-0.39, 0.29) is 0 Å². The summed E-state index contributed by atoms with van der Waals surface area (Å²) in [5.41, 5.74) is 0. The largest absolute Gasteiger partial charge is 0.471 e. The van der Waals surface area contributed by atoms with Gasteiger partial charge >= 0.3 is 0 Å². The van der Waals surface area contributed by atoms with E-state index in [0.717, 1.165) is 19.3 Å². The minimum atomic E-state index is -0.675. The smallest absolute Gasteiger partial charge is 0.265 e. The van der Waals surface area contributed by atoms with E-state index in [9.17, 15) is 4.39 Å². The summed E-state index contributed by atoms with van der Waals surface area (Å²) >= 11 is 0. The molecule has 0 saturated heterocycles. The molecule has 0 aliphatic rings. The average Bonchev–Trinajstić information content (AvgIpc) is 1.80. The monoisotopic (exact) mass is 132 g/mol. The molecule has 0 aliphatic carbocycles. The molecule has 54 valence electrons. The van der Waals surface area contributed by atoms with Crippen molar-refractivity contribution in [2.24, 2.45) is 0 Å². The quantitative estimate of drug-likeness (QED) is 0.412. The maximum atomic E-state index is 11.7. The third-order valence-corrected chi connectivity index (χ3v) is 1.01. The van der Waals surface area contributed by atoms with Crippen LogP contribution in [-0.2, 0) is 4.74 Å². The van der Waals surface area contributed by atoms with E-state index >= 15 is 0 Å². The van der Waals surface area contributed by atoms with Crippen LogP contribution >= 0.6 is 0 Å². The van der Waals surface area contributed by atoms with Gasteiger partial charge in [-0.1, -0.05) is 19.8 Å². The number of halogens is 1. The Morgan fingerprint density at radius 2 is 2.22 bits per heavy atom. The van der Waals surface area contributed by atoms with Crippen LogP contribution in [0.2, 0.25) is 0 Å². The molecule has 0 aromatic heterocycles. The molecule has 0 bridgehead atoms. The predicted octanol–water partition coefficient (Wildman–Crippen LogP) is 2.63. The summed E-state index contributed by atoms with van der Waals surface area (Å²) in [4.78, 5) is 0. The van der Waals surface area contributed by atoms with Gasteiger partial charge in [-0.05, 0) is 13.0 Å². The number of rotatable bonds is 5. The van der Waals surface area contributed by atoms with Crippen molar-refractivity contribution in [1.82, 2.24) is 0 Å². The second-order valence-electron chi connectivity index (χ2n) is 1.91. The molecule has 0 spiro atoms. The van der Waals surface area contributed by atoms with E-state index in [1.54, 1.807) is 0 Å². The van der Waals surface area contributed by atoms with Crippen molar-refractivity contribution in [2.75, 3.05) is 6.61 Å². The van der Waals surface area contributed by atoms with E-state index in [2.05, 4.69) is 18.2 Å². The highest BCUT2D eigenvalue weighted by atomic mass is 19.1. The first kappa shape index (κ1) is 8.47. The fraction of sp³-hybridized carbons (Fsp3) is 0.714. The van der Waals surface area contributed by atoms with Gasteiger partial charge in [-0.3, -0.25) is 0 Å². The van der Waals surface area contributed by atoms with E-state index in [1.807, 2.05) is 0 Å². The molecule has 0 fully saturated rings. The van der Waals surface area contributed by atoms with E-state index in [4.69, 9.17) is 0 Å². The lowest BCUT2D eigenvalue weighted by Gasteiger charge is -1.99. The summed E-state index contributed by atoms with van der Waals surface area (Å²) in [6.45, 7) is 5.51. The molecule has 1 nitrogen and oxygen atoms in total. The van der Waals surface area contributed by atoms with Crippen molar-refractivity contribution in [3.8, 4) is 0 Å². The molecule has 0 N–H and O–H groups in total. The average molecular weight is 132 g/mol. The fourth-order valence-corrected chi connectivity index (χ4v) is 0.535. The Kier molecular flexibility index (Phi) is 5.27. The van der Waals surface area contributed by atoms with Crippen LogP contribution in [0.5, 0.6) is 0 Å². The molecule has 0 unspecified atom stereocenters. The molecule has 0 amide bonds. The van der Waals surface area contributed by atoms with E-state index < -0.39 is 6.01 Å². The second-order valence-corrected chi connectivity index (χ2v) is 1.91. The Bertz CT molecular complexity index is 81.0. The topological polar surface area (TPSA) is 9.23 Å². The van der Waals surface area contributed by atoms with Crippen LogP contribution in [0.4, 0.5) is 4.39 Å². The lowest BCUT2D eigenvalue weighted by molar-refractivity contribution is 0.143. The first-order valence-electron chi connectivity index (χ1n) is 3.24. The second kappa shape index (κ2) is 5.60. The Hall–Kier alpha value is -0.530. The van der Waals surface area contributed by atoms with Gasteiger partial charge in [-0.25, -0.2) is 0 Å². The normalized spacial score (nSPS) is 9.11. The number of hydrogen-bond donors (Lipinski definition) is 0. The minimum absolute atomic E-state index is 0.461. The maximum absolute atomic E-state index is 11.7. The SMILES string of the molecule is C=C(F)OCCCCC. The molecular weight excluding hydrogens is 119 g/mol. The standard InChI is InChI=1S/C7H13FO/c1-3-4-5-6-9-7(2)8/h2-6H2,1H3. The molecule has 0 heterocycles. The van der Waals surface area contributed by atoms with Crippen molar-refractivity contribution >= 4 is 0 Å². The molecule has 0 saturated carbocycles. The minimum Gasteiger partial charge on any atom is -0.471 e. The summed E-state index contributed by atoms with van der Waals surface area (Å²) in [5.74, 6) is 0. The molecular formula is C7H13FO. The molecule has 2 heteroatoms. The van der Waals surface area contributed by atoms with E-state index in [1.165, 1.54) is 0 Å². The molecule has 0 atom stereocenters. The van der Waals surface area contributed by atoms with Crippen molar-refractivity contribution in [1.29, 1.82) is 0 Å². The van der Waals surface area contributed by atoms with Crippen molar-refractivity contribution in [3.05, 3.63) is 12.6 Å². The Labute approximate surface area is 55.5 Å². The van der Waals surface area contributed by atoms with Gasteiger partial charge < -0.3 is 4.74 Å². The first-order chi connectivity index (χ1) is 4.27. The van der Waals surface area contributed by atoms with Gasteiger partial charge in [0.15, 0.2) is 0 Å². The fourth-order valence-electron chi connectivity index (χ4n) is 0.535. The van der Waals surface area contributed by atoms with Gasteiger partial charge in [0.1, 0.15) is 0 Å².